The summed E-state index contributed by atoms with van der Waals surface area (Å²) in [5.41, 5.74) is 7.12. The summed E-state index contributed by atoms with van der Waals surface area (Å²) < 4.78 is 5.81. The highest BCUT2D eigenvalue weighted by Gasteiger charge is 2.31. The number of benzene rings is 1. The zero-order valence-corrected chi connectivity index (χ0v) is 10.8. The molecule has 3 rings (SSSR count). The fraction of sp³-hybridized carbons (Fsp3) is 0.125. The Morgan fingerprint density at radius 1 is 1.20 bits per heavy atom. The van der Waals surface area contributed by atoms with E-state index in [0.29, 0.717) is 5.90 Å². The molecule has 1 aliphatic carbocycles. The van der Waals surface area contributed by atoms with Gasteiger partial charge in [-0.1, -0.05) is 42.5 Å². The van der Waals surface area contributed by atoms with Gasteiger partial charge in [0.25, 0.3) is 0 Å². The highest BCUT2D eigenvalue weighted by Crippen LogP contribution is 2.26. The SMILES string of the molecule is NC(=O)C1C=C2C=CC=CC2OC1=Nc1ccccc1. The number of rotatable bonds is 2. The predicted octanol–water partition coefficient (Wildman–Crippen LogP) is 2.27. The fourth-order valence-corrected chi connectivity index (χ4v) is 2.19. The molecule has 1 heterocycles. The first-order chi connectivity index (χ1) is 9.74. The number of carbonyl (C=O) groups is 1. The van der Waals surface area contributed by atoms with Crippen molar-refractivity contribution in [3.63, 3.8) is 0 Å². The smallest absolute Gasteiger partial charge is 0.233 e. The molecular weight excluding hydrogens is 252 g/mol. The molecule has 0 aromatic heterocycles. The van der Waals surface area contributed by atoms with Gasteiger partial charge in [0.05, 0.1) is 5.69 Å². The van der Waals surface area contributed by atoms with E-state index in [9.17, 15) is 4.79 Å². The van der Waals surface area contributed by atoms with Crippen LogP contribution in [-0.2, 0) is 9.53 Å². The third kappa shape index (κ3) is 2.40. The monoisotopic (exact) mass is 266 g/mol. The van der Waals surface area contributed by atoms with E-state index in [1.807, 2.05) is 60.7 Å². The number of hydrogen-bond donors (Lipinski definition) is 1. The van der Waals surface area contributed by atoms with Gasteiger partial charge in [-0.3, -0.25) is 4.79 Å². The maximum Gasteiger partial charge on any atom is 0.233 e. The summed E-state index contributed by atoms with van der Waals surface area (Å²) in [6.07, 6.45) is 9.27. The lowest BCUT2D eigenvalue weighted by atomic mass is 9.95. The average molecular weight is 266 g/mol. The number of amides is 1. The number of carbonyl (C=O) groups excluding carboxylic acids is 1. The minimum Gasteiger partial charge on any atom is -0.467 e. The number of nitrogens with zero attached hydrogens (tertiary/aromatic N) is 1. The summed E-state index contributed by atoms with van der Waals surface area (Å²) in [5, 5.41) is 0. The van der Waals surface area contributed by atoms with Crippen molar-refractivity contribution < 1.29 is 9.53 Å². The van der Waals surface area contributed by atoms with Gasteiger partial charge in [-0.15, -0.1) is 0 Å². The van der Waals surface area contributed by atoms with Gasteiger partial charge >= 0.3 is 0 Å². The maximum absolute atomic E-state index is 11.6. The van der Waals surface area contributed by atoms with E-state index in [1.165, 1.54) is 0 Å². The molecule has 1 aromatic carbocycles. The molecule has 100 valence electrons. The number of ether oxygens (including phenoxy) is 1. The predicted molar refractivity (Wildman–Crippen MR) is 77.5 cm³/mol. The molecule has 0 radical (unpaired) electrons. The van der Waals surface area contributed by atoms with E-state index in [1.54, 1.807) is 0 Å². The van der Waals surface area contributed by atoms with Crippen LogP contribution in [0.3, 0.4) is 0 Å². The maximum atomic E-state index is 11.6. The molecular formula is C16H14N2O2. The molecule has 4 heteroatoms. The Morgan fingerprint density at radius 3 is 2.75 bits per heavy atom. The van der Waals surface area contributed by atoms with Crippen LogP contribution >= 0.6 is 0 Å². The average Bonchev–Trinajstić information content (AvgIpc) is 2.47. The fourth-order valence-electron chi connectivity index (χ4n) is 2.19. The Hall–Kier alpha value is -2.62. The number of hydrogen-bond acceptors (Lipinski definition) is 3. The quantitative estimate of drug-likeness (QED) is 0.892. The normalized spacial score (nSPS) is 25.8. The Kier molecular flexibility index (Phi) is 3.21. The standard InChI is InChI=1S/C16H14N2O2/c17-15(19)13-10-11-6-4-5-9-14(11)20-16(13)18-12-7-2-1-3-8-12/h1-10,13-14H,(H2,17,19). The van der Waals surface area contributed by atoms with Gasteiger partial charge < -0.3 is 10.5 Å². The first kappa shape index (κ1) is 12.4. The molecule has 20 heavy (non-hydrogen) atoms. The number of allylic oxidation sites excluding steroid dienone is 2. The van der Waals surface area contributed by atoms with Crippen LogP contribution in [0.1, 0.15) is 0 Å². The molecule has 0 saturated carbocycles. The van der Waals surface area contributed by atoms with Crippen molar-refractivity contribution in [2.24, 2.45) is 16.6 Å². The van der Waals surface area contributed by atoms with E-state index >= 15 is 0 Å². The van der Waals surface area contributed by atoms with Crippen LogP contribution in [0.5, 0.6) is 0 Å². The summed E-state index contributed by atoms with van der Waals surface area (Å²) in [6, 6.07) is 9.37. The Labute approximate surface area is 117 Å². The third-order valence-electron chi connectivity index (χ3n) is 3.19. The van der Waals surface area contributed by atoms with Crippen LogP contribution < -0.4 is 5.73 Å². The van der Waals surface area contributed by atoms with Crippen LogP contribution in [0.25, 0.3) is 0 Å². The van der Waals surface area contributed by atoms with Crippen molar-refractivity contribution in [1.82, 2.24) is 0 Å². The van der Waals surface area contributed by atoms with Crippen molar-refractivity contribution in [2.75, 3.05) is 0 Å². The summed E-state index contributed by atoms with van der Waals surface area (Å²) in [7, 11) is 0. The largest absolute Gasteiger partial charge is 0.467 e. The second-order valence-corrected chi connectivity index (χ2v) is 4.61. The summed E-state index contributed by atoms with van der Waals surface area (Å²) >= 11 is 0. The molecule has 0 spiro atoms. The number of fused-ring (bicyclic) bond motifs is 1. The van der Waals surface area contributed by atoms with Gasteiger partial charge in [0.15, 0.2) is 0 Å². The van der Waals surface area contributed by atoms with Gasteiger partial charge in [0, 0.05) is 0 Å². The van der Waals surface area contributed by atoms with Crippen LogP contribution in [0.15, 0.2) is 71.3 Å². The van der Waals surface area contributed by atoms with Crippen molar-refractivity contribution in [2.45, 2.75) is 6.10 Å². The second-order valence-electron chi connectivity index (χ2n) is 4.61. The topological polar surface area (TPSA) is 64.7 Å². The number of nitrogens with two attached hydrogens (primary N) is 1. The first-order valence-electron chi connectivity index (χ1n) is 6.40. The van der Waals surface area contributed by atoms with Crippen molar-refractivity contribution in [3.8, 4) is 0 Å². The molecule has 2 aliphatic rings. The molecule has 2 atom stereocenters. The summed E-state index contributed by atoms with van der Waals surface area (Å²) in [4.78, 5) is 16.0. The Bertz CT molecular complexity index is 642. The van der Waals surface area contributed by atoms with E-state index in [0.717, 1.165) is 11.3 Å². The number of aliphatic imine (C=N–C) groups is 1. The van der Waals surface area contributed by atoms with E-state index < -0.39 is 11.8 Å². The number of primary amides is 1. The molecule has 1 aliphatic heterocycles. The number of para-hydroxylation sites is 1. The molecule has 2 N–H and O–H groups in total. The lowest BCUT2D eigenvalue weighted by Gasteiger charge is -2.28. The van der Waals surface area contributed by atoms with Gasteiger partial charge in [-0.25, -0.2) is 4.99 Å². The zero-order valence-electron chi connectivity index (χ0n) is 10.8. The molecule has 0 bridgehead atoms. The van der Waals surface area contributed by atoms with E-state index in [2.05, 4.69) is 4.99 Å². The van der Waals surface area contributed by atoms with Crippen LogP contribution in [-0.4, -0.2) is 17.9 Å². The molecule has 4 nitrogen and oxygen atoms in total. The van der Waals surface area contributed by atoms with Crippen LogP contribution in [0.2, 0.25) is 0 Å². The Morgan fingerprint density at radius 2 is 2.00 bits per heavy atom. The second kappa shape index (κ2) is 5.17. The molecule has 1 amide bonds. The molecule has 0 fully saturated rings. The minimum absolute atomic E-state index is 0.196. The van der Waals surface area contributed by atoms with Gasteiger partial charge in [-0.2, -0.15) is 0 Å². The van der Waals surface area contributed by atoms with Gasteiger partial charge in [-0.05, 0) is 23.8 Å². The molecule has 0 saturated heterocycles. The van der Waals surface area contributed by atoms with Crippen molar-refractivity contribution >= 4 is 17.5 Å². The molecule has 1 aromatic rings. The highest BCUT2D eigenvalue weighted by molar-refractivity contribution is 6.03. The summed E-state index contributed by atoms with van der Waals surface area (Å²) in [5.74, 6) is -0.747. The van der Waals surface area contributed by atoms with E-state index in [4.69, 9.17) is 10.5 Å². The Balaban J connectivity index is 1.99. The lowest BCUT2D eigenvalue weighted by molar-refractivity contribution is -0.119. The van der Waals surface area contributed by atoms with Crippen molar-refractivity contribution in [1.29, 1.82) is 0 Å². The zero-order chi connectivity index (χ0) is 13.9. The van der Waals surface area contributed by atoms with Crippen molar-refractivity contribution in [3.05, 3.63) is 66.3 Å². The lowest BCUT2D eigenvalue weighted by Crippen LogP contribution is -2.37. The van der Waals surface area contributed by atoms with Crippen LogP contribution in [0.4, 0.5) is 5.69 Å². The molecule has 2 unspecified atom stereocenters. The highest BCUT2D eigenvalue weighted by atomic mass is 16.5. The first-order valence-corrected chi connectivity index (χ1v) is 6.40. The van der Waals surface area contributed by atoms with E-state index in [-0.39, 0.29) is 6.10 Å². The van der Waals surface area contributed by atoms with Crippen LogP contribution in [0, 0.1) is 5.92 Å². The summed E-state index contributed by atoms with van der Waals surface area (Å²) in [6.45, 7) is 0. The minimum atomic E-state index is -0.627. The van der Waals surface area contributed by atoms with Gasteiger partial charge in [0.1, 0.15) is 12.0 Å². The third-order valence-corrected chi connectivity index (χ3v) is 3.19. The van der Waals surface area contributed by atoms with Gasteiger partial charge in [0.2, 0.25) is 11.8 Å².